The molecule has 2 aromatic carbocycles. The monoisotopic (exact) mass is 329 g/mol. The van der Waals surface area contributed by atoms with Crippen molar-refractivity contribution in [3.05, 3.63) is 69.7 Å². The third-order valence-corrected chi connectivity index (χ3v) is 4.49. The Hall–Kier alpha value is -1.80. The van der Waals surface area contributed by atoms with Crippen molar-refractivity contribution in [2.75, 3.05) is 0 Å². The van der Waals surface area contributed by atoms with Crippen LogP contribution in [0.3, 0.4) is 0 Å². The molecule has 0 saturated heterocycles. The minimum atomic E-state index is 0.0642. The highest BCUT2D eigenvalue weighted by molar-refractivity contribution is 6.31. The van der Waals surface area contributed by atoms with Crippen molar-refractivity contribution in [2.45, 2.75) is 46.1 Å². The van der Waals surface area contributed by atoms with E-state index in [-0.39, 0.29) is 11.9 Å². The van der Waals surface area contributed by atoms with Crippen molar-refractivity contribution in [3.8, 4) is 0 Å². The van der Waals surface area contributed by atoms with Gasteiger partial charge in [-0.3, -0.25) is 4.79 Å². The van der Waals surface area contributed by atoms with Crippen LogP contribution in [0.1, 0.15) is 48.1 Å². The number of hydrogen-bond acceptors (Lipinski definition) is 1. The molecule has 0 aliphatic carbocycles. The first-order chi connectivity index (χ1) is 11.0. The molecule has 0 aromatic heterocycles. The highest BCUT2D eigenvalue weighted by Gasteiger charge is 2.15. The smallest absolute Gasteiger partial charge is 0.220 e. The highest BCUT2D eigenvalue weighted by atomic mass is 35.5. The van der Waals surface area contributed by atoms with Gasteiger partial charge in [-0.2, -0.15) is 0 Å². The molecular formula is C20H24ClNO. The number of aryl methyl sites for hydroxylation is 3. The van der Waals surface area contributed by atoms with E-state index in [1.165, 1.54) is 16.7 Å². The van der Waals surface area contributed by atoms with Crippen LogP contribution in [0.5, 0.6) is 0 Å². The Bertz CT molecular complexity index is 681. The second kappa shape index (κ2) is 8.16. The van der Waals surface area contributed by atoms with Gasteiger partial charge in [0.15, 0.2) is 0 Å². The Morgan fingerprint density at radius 3 is 2.57 bits per heavy atom. The molecular weight excluding hydrogens is 306 g/mol. The van der Waals surface area contributed by atoms with Gasteiger partial charge in [0.25, 0.3) is 0 Å². The third kappa shape index (κ3) is 4.84. The molecule has 23 heavy (non-hydrogen) atoms. The van der Waals surface area contributed by atoms with Crippen molar-refractivity contribution in [1.29, 1.82) is 0 Å². The maximum Gasteiger partial charge on any atom is 0.220 e. The molecule has 2 aromatic rings. The molecule has 0 bridgehead atoms. The summed E-state index contributed by atoms with van der Waals surface area (Å²) in [5.74, 6) is 0.0664. The first-order valence-corrected chi connectivity index (χ1v) is 8.49. The Kier molecular flexibility index (Phi) is 6.23. The lowest BCUT2D eigenvalue weighted by molar-refractivity contribution is -0.121. The molecule has 0 heterocycles. The first kappa shape index (κ1) is 17.6. The molecule has 0 fully saturated rings. The van der Waals surface area contributed by atoms with Gasteiger partial charge in [0, 0.05) is 11.4 Å². The summed E-state index contributed by atoms with van der Waals surface area (Å²) in [4.78, 5) is 12.3. The van der Waals surface area contributed by atoms with E-state index in [2.05, 4.69) is 44.3 Å². The molecule has 0 aliphatic heterocycles. The van der Waals surface area contributed by atoms with Crippen molar-refractivity contribution < 1.29 is 4.79 Å². The van der Waals surface area contributed by atoms with Gasteiger partial charge in [-0.1, -0.05) is 60.5 Å². The topological polar surface area (TPSA) is 29.1 Å². The number of carbonyl (C=O) groups excluding carboxylic acids is 1. The fourth-order valence-corrected chi connectivity index (χ4v) is 3.06. The number of carbonyl (C=O) groups is 1. The minimum Gasteiger partial charge on any atom is -0.349 e. The molecule has 0 radical (unpaired) electrons. The van der Waals surface area contributed by atoms with E-state index in [9.17, 15) is 4.79 Å². The fourth-order valence-electron chi connectivity index (χ4n) is 2.83. The number of halogens is 1. The van der Waals surface area contributed by atoms with Gasteiger partial charge in [0.2, 0.25) is 5.91 Å². The van der Waals surface area contributed by atoms with Gasteiger partial charge >= 0.3 is 0 Å². The van der Waals surface area contributed by atoms with E-state index in [0.717, 1.165) is 17.0 Å². The van der Waals surface area contributed by atoms with E-state index in [4.69, 9.17) is 11.6 Å². The highest BCUT2D eigenvalue weighted by Crippen LogP contribution is 2.22. The van der Waals surface area contributed by atoms with Crippen LogP contribution in [0.2, 0.25) is 5.02 Å². The van der Waals surface area contributed by atoms with Crippen molar-refractivity contribution >= 4 is 17.5 Å². The summed E-state index contributed by atoms with van der Waals surface area (Å²) < 4.78 is 0. The molecule has 0 unspecified atom stereocenters. The summed E-state index contributed by atoms with van der Waals surface area (Å²) in [5.41, 5.74) is 4.68. The standard InChI is InChI=1S/C20H24ClNO/c1-4-19(17-11-9-14(2)13-15(17)3)22-20(23)12-10-16-7-5-6-8-18(16)21/h5-9,11,13,19H,4,10,12H2,1-3H3,(H,22,23)/t19-/m0/s1. The molecule has 1 atom stereocenters. The normalized spacial score (nSPS) is 12.0. The summed E-state index contributed by atoms with van der Waals surface area (Å²) in [7, 11) is 0. The van der Waals surface area contributed by atoms with Crippen molar-refractivity contribution in [3.63, 3.8) is 0 Å². The van der Waals surface area contributed by atoms with E-state index in [1.807, 2.05) is 24.3 Å². The zero-order valence-corrected chi connectivity index (χ0v) is 14.8. The predicted molar refractivity (Wildman–Crippen MR) is 96.9 cm³/mol. The van der Waals surface area contributed by atoms with Gasteiger partial charge in [-0.25, -0.2) is 0 Å². The SMILES string of the molecule is CC[C@H](NC(=O)CCc1ccccc1Cl)c1ccc(C)cc1C. The van der Waals surface area contributed by atoms with E-state index in [0.29, 0.717) is 12.8 Å². The quantitative estimate of drug-likeness (QED) is 0.779. The Labute approximate surface area is 143 Å². The lowest BCUT2D eigenvalue weighted by Crippen LogP contribution is -2.28. The number of benzene rings is 2. The Morgan fingerprint density at radius 1 is 1.17 bits per heavy atom. The molecule has 0 spiro atoms. The van der Waals surface area contributed by atoms with Crippen LogP contribution in [0.4, 0.5) is 0 Å². The Morgan fingerprint density at radius 2 is 1.91 bits per heavy atom. The zero-order valence-electron chi connectivity index (χ0n) is 14.0. The maximum atomic E-state index is 12.3. The molecule has 1 amide bonds. The van der Waals surface area contributed by atoms with E-state index in [1.54, 1.807) is 0 Å². The van der Waals surface area contributed by atoms with Crippen LogP contribution in [0, 0.1) is 13.8 Å². The van der Waals surface area contributed by atoms with Gasteiger partial charge < -0.3 is 5.32 Å². The second-order valence-electron chi connectivity index (χ2n) is 5.98. The zero-order chi connectivity index (χ0) is 16.8. The summed E-state index contributed by atoms with van der Waals surface area (Å²) in [5, 5.41) is 3.87. The summed E-state index contributed by atoms with van der Waals surface area (Å²) >= 11 is 6.14. The first-order valence-electron chi connectivity index (χ1n) is 8.11. The van der Waals surface area contributed by atoms with Crippen LogP contribution < -0.4 is 5.32 Å². The van der Waals surface area contributed by atoms with Crippen LogP contribution in [0.25, 0.3) is 0 Å². The lowest BCUT2D eigenvalue weighted by Gasteiger charge is -2.20. The molecule has 2 rings (SSSR count). The Balaban J connectivity index is 1.98. The number of rotatable bonds is 6. The average molecular weight is 330 g/mol. The fraction of sp³-hybridized carbons (Fsp3) is 0.350. The molecule has 0 aliphatic rings. The third-order valence-electron chi connectivity index (χ3n) is 4.12. The van der Waals surface area contributed by atoms with Gasteiger partial charge in [-0.15, -0.1) is 0 Å². The van der Waals surface area contributed by atoms with Gasteiger partial charge in [-0.05, 0) is 49.4 Å². The largest absolute Gasteiger partial charge is 0.349 e. The number of hydrogen-bond donors (Lipinski definition) is 1. The average Bonchev–Trinajstić information content (AvgIpc) is 2.52. The molecule has 1 N–H and O–H groups in total. The van der Waals surface area contributed by atoms with Crippen LogP contribution >= 0.6 is 11.6 Å². The number of nitrogens with one attached hydrogen (secondary N) is 1. The summed E-state index contributed by atoms with van der Waals surface area (Å²) in [6, 6.07) is 14.1. The van der Waals surface area contributed by atoms with Crippen molar-refractivity contribution in [1.82, 2.24) is 5.32 Å². The molecule has 0 saturated carbocycles. The maximum absolute atomic E-state index is 12.3. The van der Waals surface area contributed by atoms with Gasteiger partial charge in [0.05, 0.1) is 6.04 Å². The summed E-state index contributed by atoms with van der Waals surface area (Å²) in [6.07, 6.45) is 1.99. The lowest BCUT2D eigenvalue weighted by atomic mass is 9.97. The van der Waals surface area contributed by atoms with Crippen LogP contribution in [-0.2, 0) is 11.2 Å². The minimum absolute atomic E-state index is 0.0642. The molecule has 3 heteroatoms. The van der Waals surface area contributed by atoms with Crippen LogP contribution in [0.15, 0.2) is 42.5 Å². The number of amides is 1. The molecule has 2 nitrogen and oxygen atoms in total. The van der Waals surface area contributed by atoms with E-state index >= 15 is 0 Å². The van der Waals surface area contributed by atoms with E-state index < -0.39 is 0 Å². The summed E-state index contributed by atoms with van der Waals surface area (Å²) in [6.45, 7) is 6.28. The van der Waals surface area contributed by atoms with Crippen LogP contribution in [-0.4, -0.2) is 5.91 Å². The van der Waals surface area contributed by atoms with Gasteiger partial charge in [0.1, 0.15) is 0 Å². The predicted octanol–water partition coefficient (Wildman–Crippen LogP) is 5.16. The second-order valence-corrected chi connectivity index (χ2v) is 6.39. The van der Waals surface area contributed by atoms with Crippen molar-refractivity contribution in [2.24, 2.45) is 0 Å². The molecule has 122 valence electrons.